The van der Waals surface area contributed by atoms with Crippen LogP contribution < -0.4 is 15.4 Å². The maximum Gasteiger partial charge on any atom is 0.251 e. The first kappa shape index (κ1) is 17.2. The molecule has 1 amide bonds. The lowest BCUT2D eigenvalue weighted by molar-refractivity contribution is -0.192. The third-order valence-electron chi connectivity index (χ3n) is 5.44. The minimum absolute atomic E-state index is 0.0672. The number of rotatable bonds is 6. The fourth-order valence-electron chi connectivity index (χ4n) is 4.21. The lowest BCUT2D eigenvalue weighted by atomic mass is 9.55. The molecule has 5 nitrogen and oxygen atoms in total. The van der Waals surface area contributed by atoms with Gasteiger partial charge in [0.05, 0.1) is 13.2 Å². The van der Waals surface area contributed by atoms with Crippen molar-refractivity contribution in [1.29, 1.82) is 0 Å². The highest BCUT2D eigenvalue weighted by Crippen LogP contribution is 2.51. The van der Waals surface area contributed by atoms with E-state index in [0.717, 1.165) is 19.6 Å². The molecule has 2 fully saturated rings. The summed E-state index contributed by atoms with van der Waals surface area (Å²) in [6.45, 7) is 6.82. The smallest absolute Gasteiger partial charge is 0.251 e. The Balaban J connectivity index is 1.44. The molecular weight excluding hydrogens is 304 g/mol. The van der Waals surface area contributed by atoms with Crippen LogP contribution in [0, 0.1) is 11.3 Å². The van der Waals surface area contributed by atoms with E-state index < -0.39 is 0 Å². The third-order valence-corrected chi connectivity index (χ3v) is 5.44. The molecule has 1 aliphatic carbocycles. The summed E-state index contributed by atoms with van der Waals surface area (Å²) in [6, 6.07) is 7.68. The number of benzene rings is 1. The monoisotopic (exact) mass is 332 g/mol. The van der Waals surface area contributed by atoms with Crippen molar-refractivity contribution in [2.24, 2.45) is 11.3 Å². The van der Waals surface area contributed by atoms with Crippen molar-refractivity contribution in [2.75, 3.05) is 26.8 Å². The van der Waals surface area contributed by atoms with Crippen LogP contribution in [0.5, 0.6) is 5.75 Å². The van der Waals surface area contributed by atoms with Gasteiger partial charge in [0.2, 0.25) is 0 Å². The molecule has 1 aliphatic heterocycles. The minimum Gasteiger partial charge on any atom is -0.497 e. The first-order chi connectivity index (χ1) is 11.5. The van der Waals surface area contributed by atoms with Crippen LogP contribution in [-0.2, 0) is 4.74 Å². The molecule has 1 saturated carbocycles. The molecule has 0 aromatic heterocycles. The predicted octanol–water partition coefficient (Wildman–Crippen LogP) is 2.22. The second-order valence-corrected chi connectivity index (χ2v) is 7.34. The summed E-state index contributed by atoms with van der Waals surface area (Å²) in [4.78, 5) is 12.2. The maximum atomic E-state index is 12.2. The predicted molar refractivity (Wildman–Crippen MR) is 93.4 cm³/mol. The molecule has 24 heavy (non-hydrogen) atoms. The Morgan fingerprint density at radius 3 is 3.00 bits per heavy atom. The van der Waals surface area contributed by atoms with Gasteiger partial charge in [-0.15, -0.1) is 0 Å². The summed E-state index contributed by atoms with van der Waals surface area (Å²) in [5, 5.41) is 6.58. The van der Waals surface area contributed by atoms with Crippen molar-refractivity contribution >= 4 is 5.91 Å². The molecule has 0 bridgehead atoms. The van der Waals surface area contributed by atoms with E-state index in [0.29, 0.717) is 35.9 Å². The van der Waals surface area contributed by atoms with Gasteiger partial charge in [0.1, 0.15) is 5.75 Å². The number of methoxy groups -OCH3 is 1. The Kier molecular flexibility index (Phi) is 5.11. The van der Waals surface area contributed by atoms with Crippen molar-refractivity contribution in [3.63, 3.8) is 0 Å². The second-order valence-electron chi connectivity index (χ2n) is 7.34. The lowest BCUT2D eigenvalue weighted by Gasteiger charge is -2.60. The van der Waals surface area contributed by atoms with Gasteiger partial charge in [-0.3, -0.25) is 4.79 Å². The number of carbonyl (C=O) groups is 1. The van der Waals surface area contributed by atoms with Crippen LogP contribution in [0.2, 0.25) is 0 Å². The fourth-order valence-corrected chi connectivity index (χ4v) is 4.21. The molecule has 3 rings (SSSR count). The molecule has 2 aliphatic rings. The summed E-state index contributed by atoms with van der Waals surface area (Å²) in [5.41, 5.74) is 0.793. The van der Waals surface area contributed by atoms with Crippen LogP contribution >= 0.6 is 0 Å². The summed E-state index contributed by atoms with van der Waals surface area (Å²) >= 11 is 0. The number of fused-ring (bicyclic) bond motifs is 1. The first-order valence-electron chi connectivity index (χ1n) is 8.81. The van der Waals surface area contributed by atoms with Gasteiger partial charge in [0.25, 0.3) is 5.91 Å². The minimum atomic E-state index is -0.0672. The van der Waals surface area contributed by atoms with Crippen LogP contribution in [0.25, 0.3) is 0 Å². The standard InChI is InChI=1S/C19H28N2O3/c1-19(2)16(15-8-5-11-24-17(15)19)20-9-10-21-18(22)13-6-4-7-14(12-13)23-3/h4,6-7,12,15-17,20H,5,8-11H2,1-3H3,(H,21,22)/t15-,16-,17+/m1/s1. The Morgan fingerprint density at radius 1 is 1.38 bits per heavy atom. The van der Waals surface area contributed by atoms with E-state index in [4.69, 9.17) is 9.47 Å². The van der Waals surface area contributed by atoms with Crippen LogP contribution in [-0.4, -0.2) is 44.9 Å². The van der Waals surface area contributed by atoms with Crippen LogP contribution in [0.1, 0.15) is 37.0 Å². The number of hydrogen-bond donors (Lipinski definition) is 2. The highest BCUT2D eigenvalue weighted by Gasteiger charge is 2.57. The van der Waals surface area contributed by atoms with Gasteiger partial charge in [0, 0.05) is 42.6 Å². The molecule has 0 spiro atoms. The summed E-state index contributed by atoms with van der Waals surface area (Å²) in [7, 11) is 1.60. The molecule has 132 valence electrons. The number of carbonyl (C=O) groups excluding carboxylic acids is 1. The van der Waals surface area contributed by atoms with Gasteiger partial charge in [-0.25, -0.2) is 0 Å². The van der Waals surface area contributed by atoms with E-state index in [1.54, 1.807) is 19.2 Å². The molecule has 0 radical (unpaired) electrons. The van der Waals surface area contributed by atoms with E-state index in [2.05, 4.69) is 24.5 Å². The molecule has 0 unspecified atom stereocenters. The highest BCUT2D eigenvalue weighted by molar-refractivity contribution is 5.94. The molecule has 1 aromatic carbocycles. The van der Waals surface area contributed by atoms with Gasteiger partial charge >= 0.3 is 0 Å². The van der Waals surface area contributed by atoms with Gasteiger partial charge in [-0.05, 0) is 31.0 Å². The lowest BCUT2D eigenvalue weighted by Crippen LogP contribution is -2.69. The topological polar surface area (TPSA) is 59.6 Å². The van der Waals surface area contributed by atoms with Crippen LogP contribution in [0.3, 0.4) is 0 Å². The number of hydrogen-bond acceptors (Lipinski definition) is 4. The van der Waals surface area contributed by atoms with Crippen LogP contribution in [0.15, 0.2) is 24.3 Å². The Labute approximate surface area is 144 Å². The zero-order valence-corrected chi connectivity index (χ0v) is 14.8. The van der Waals surface area contributed by atoms with Crippen molar-refractivity contribution in [3.8, 4) is 5.75 Å². The highest BCUT2D eigenvalue weighted by atomic mass is 16.5. The quantitative estimate of drug-likeness (QED) is 0.784. The summed E-state index contributed by atoms with van der Waals surface area (Å²) < 4.78 is 11.1. The molecule has 2 N–H and O–H groups in total. The molecule has 1 aromatic rings. The normalized spacial score (nSPS) is 27.7. The first-order valence-corrected chi connectivity index (χ1v) is 8.81. The van der Waals surface area contributed by atoms with Crippen molar-refractivity contribution in [2.45, 2.75) is 38.8 Å². The molecule has 1 heterocycles. The average molecular weight is 332 g/mol. The number of amides is 1. The van der Waals surface area contributed by atoms with E-state index in [9.17, 15) is 4.79 Å². The average Bonchev–Trinajstić information content (AvgIpc) is 2.61. The van der Waals surface area contributed by atoms with Crippen molar-refractivity contribution in [3.05, 3.63) is 29.8 Å². The second kappa shape index (κ2) is 7.11. The summed E-state index contributed by atoms with van der Waals surface area (Å²) in [5.74, 6) is 1.24. The Bertz CT molecular complexity index is 588. The third kappa shape index (κ3) is 3.28. The SMILES string of the molecule is COc1cccc(C(=O)NCCN[C@@H]2[C@H]3CCCO[C@@H]3C2(C)C)c1. The van der Waals surface area contributed by atoms with E-state index in [1.807, 2.05) is 12.1 Å². The molecule has 5 heteroatoms. The molecule has 3 atom stereocenters. The molecular formula is C19H28N2O3. The number of nitrogens with one attached hydrogen (secondary N) is 2. The van der Waals surface area contributed by atoms with Gasteiger partial charge in [0.15, 0.2) is 0 Å². The molecule has 1 saturated heterocycles. The Morgan fingerprint density at radius 2 is 2.21 bits per heavy atom. The zero-order valence-electron chi connectivity index (χ0n) is 14.8. The summed E-state index contributed by atoms with van der Waals surface area (Å²) in [6.07, 6.45) is 2.78. The van der Waals surface area contributed by atoms with Crippen molar-refractivity contribution < 1.29 is 14.3 Å². The fraction of sp³-hybridized carbons (Fsp3) is 0.632. The zero-order chi connectivity index (χ0) is 17.2. The van der Waals surface area contributed by atoms with E-state index in [-0.39, 0.29) is 11.3 Å². The van der Waals surface area contributed by atoms with Gasteiger partial charge < -0.3 is 20.1 Å². The van der Waals surface area contributed by atoms with Gasteiger partial charge in [-0.2, -0.15) is 0 Å². The maximum absolute atomic E-state index is 12.2. The largest absolute Gasteiger partial charge is 0.497 e. The van der Waals surface area contributed by atoms with E-state index in [1.165, 1.54) is 6.42 Å². The Hall–Kier alpha value is -1.59. The number of ether oxygens (including phenoxy) is 2. The van der Waals surface area contributed by atoms with E-state index >= 15 is 0 Å². The van der Waals surface area contributed by atoms with Crippen LogP contribution in [0.4, 0.5) is 0 Å². The van der Waals surface area contributed by atoms with Crippen molar-refractivity contribution in [1.82, 2.24) is 10.6 Å². The van der Waals surface area contributed by atoms with Gasteiger partial charge in [-0.1, -0.05) is 19.9 Å².